The smallest absolute Gasteiger partial charge is 0.243 e. The van der Waals surface area contributed by atoms with Gasteiger partial charge in [-0.05, 0) is 55.8 Å². The van der Waals surface area contributed by atoms with Crippen LogP contribution in [0.15, 0.2) is 48.5 Å². The van der Waals surface area contributed by atoms with Gasteiger partial charge in [0.25, 0.3) is 0 Å². The monoisotopic (exact) mass is 470 g/mol. The van der Waals surface area contributed by atoms with E-state index in [2.05, 4.69) is 5.32 Å². The fraction of sp³-hybridized carbons (Fsp3) is 0.381. The molecule has 0 aromatic heterocycles. The van der Waals surface area contributed by atoms with E-state index in [1.54, 1.807) is 43.0 Å². The Bertz CT molecular complexity index is 936. The Balaban J connectivity index is 1.92. The molecule has 0 spiro atoms. The summed E-state index contributed by atoms with van der Waals surface area (Å²) < 4.78 is 31.2. The third kappa shape index (κ3) is 7.41. The molecule has 6 nitrogen and oxygen atoms in total. The van der Waals surface area contributed by atoms with Crippen molar-refractivity contribution in [2.45, 2.75) is 25.6 Å². The number of anilines is 1. The Labute approximate surface area is 188 Å². The van der Waals surface area contributed by atoms with Crippen LogP contribution in [0.25, 0.3) is 0 Å². The van der Waals surface area contributed by atoms with E-state index in [9.17, 15) is 13.2 Å². The Morgan fingerprint density at radius 3 is 2.53 bits per heavy atom. The van der Waals surface area contributed by atoms with E-state index in [4.69, 9.17) is 16.3 Å². The van der Waals surface area contributed by atoms with Gasteiger partial charge in [-0.15, -0.1) is 0 Å². The van der Waals surface area contributed by atoms with Crippen LogP contribution in [-0.2, 0) is 20.6 Å². The number of halogens is 1. The second-order valence-corrected chi connectivity index (χ2v) is 10.0. The van der Waals surface area contributed by atoms with Crippen LogP contribution >= 0.6 is 23.4 Å². The third-order valence-electron chi connectivity index (χ3n) is 4.19. The van der Waals surface area contributed by atoms with Gasteiger partial charge in [0.05, 0.1) is 18.6 Å². The maximum absolute atomic E-state index is 12.6. The van der Waals surface area contributed by atoms with Crippen molar-refractivity contribution in [1.29, 1.82) is 0 Å². The molecule has 1 N–H and O–H groups in total. The molecule has 2 rings (SSSR count). The van der Waals surface area contributed by atoms with Crippen LogP contribution in [-0.4, -0.2) is 45.5 Å². The number of hydrogen-bond acceptors (Lipinski definition) is 5. The summed E-state index contributed by atoms with van der Waals surface area (Å²) in [7, 11) is -3.65. The lowest BCUT2D eigenvalue weighted by molar-refractivity contribution is -0.121. The zero-order chi connectivity index (χ0) is 22.1. The number of nitrogens with zero attached hydrogens (tertiary/aromatic N) is 1. The first kappa shape index (κ1) is 24.4. The van der Waals surface area contributed by atoms with Gasteiger partial charge < -0.3 is 10.1 Å². The first-order valence-electron chi connectivity index (χ1n) is 9.54. The molecule has 1 amide bonds. The van der Waals surface area contributed by atoms with Gasteiger partial charge in [0.2, 0.25) is 15.9 Å². The Hall–Kier alpha value is -1.90. The van der Waals surface area contributed by atoms with Gasteiger partial charge >= 0.3 is 0 Å². The first-order valence-corrected chi connectivity index (χ1v) is 12.9. The van der Waals surface area contributed by atoms with Crippen LogP contribution in [0.1, 0.15) is 19.4 Å². The molecule has 0 aliphatic rings. The lowest BCUT2D eigenvalue weighted by Crippen LogP contribution is -2.48. The summed E-state index contributed by atoms with van der Waals surface area (Å²) in [5.41, 5.74) is 1.53. The molecule has 30 heavy (non-hydrogen) atoms. The summed E-state index contributed by atoms with van der Waals surface area (Å²) in [5.74, 6) is 1.78. The highest BCUT2D eigenvalue weighted by Gasteiger charge is 2.28. The molecular formula is C21H27ClN2O4S2. The number of carbonyl (C=O) groups excluding carboxylic acids is 1. The molecule has 0 bridgehead atoms. The van der Waals surface area contributed by atoms with Gasteiger partial charge in [0.15, 0.2) is 0 Å². The van der Waals surface area contributed by atoms with Crippen molar-refractivity contribution < 1.29 is 17.9 Å². The second-order valence-electron chi connectivity index (χ2n) is 6.64. The number of carbonyl (C=O) groups is 1. The molecule has 0 aliphatic carbocycles. The summed E-state index contributed by atoms with van der Waals surface area (Å²) in [4.78, 5) is 12.6. The molecule has 2 aromatic rings. The molecule has 0 heterocycles. The van der Waals surface area contributed by atoms with Crippen molar-refractivity contribution >= 4 is 45.0 Å². The predicted octanol–water partition coefficient (Wildman–Crippen LogP) is 3.94. The Morgan fingerprint density at radius 1 is 1.23 bits per heavy atom. The largest absolute Gasteiger partial charge is 0.494 e. The molecule has 0 unspecified atom stereocenters. The van der Waals surface area contributed by atoms with Gasteiger partial charge in [-0.3, -0.25) is 9.10 Å². The Kier molecular flexibility index (Phi) is 9.33. The fourth-order valence-corrected chi connectivity index (χ4v) is 5.07. The molecule has 1 atom stereocenters. The lowest BCUT2D eigenvalue weighted by Gasteiger charge is -2.28. The summed E-state index contributed by atoms with van der Waals surface area (Å²) in [6.07, 6.45) is 1.09. The fourth-order valence-electron chi connectivity index (χ4n) is 2.88. The second kappa shape index (κ2) is 11.5. The van der Waals surface area contributed by atoms with Gasteiger partial charge in [-0.1, -0.05) is 23.7 Å². The number of ether oxygens (including phenoxy) is 1. The minimum absolute atomic E-state index is 0.349. The molecule has 0 fully saturated rings. The predicted molar refractivity (Wildman–Crippen MR) is 125 cm³/mol. The minimum atomic E-state index is -3.65. The number of rotatable bonds is 11. The van der Waals surface area contributed by atoms with Crippen LogP contribution in [0.4, 0.5) is 5.69 Å². The molecule has 0 radical (unpaired) electrons. The summed E-state index contributed by atoms with van der Waals surface area (Å²) >= 11 is 7.64. The molecule has 0 saturated carbocycles. The molecule has 164 valence electrons. The number of nitrogens with one attached hydrogen (secondary N) is 1. The van der Waals surface area contributed by atoms with E-state index in [1.807, 2.05) is 31.2 Å². The van der Waals surface area contributed by atoms with E-state index < -0.39 is 16.1 Å². The van der Waals surface area contributed by atoms with E-state index >= 15 is 0 Å². The maximum atomic E-state index is 12.6. The first-order chi connectivity index (χ1) is 14.2. The van der Waals surface area contributed by atoms with E-state index in [1.165, 1.54) is 0 Å². The lowest BCUT2D eigenvalue weighted by atomic mass is 10.2. The van der Waals surface area contributed by atoms with Gasteiger partial charge in [0.1, 0.15) is 11.8 Å². The van der Waals surface area contributed by atoms with Crippen molar-refractivity contribution in [3.05, 3.63) is 59.1 Å². The van der Waals surface area contributed by atoms with Crippen molar-refractivity contribution in [3.8, 4) is 5.75 Å². The third-order valence-corrected chi connectivity index (χ3v) is 6.70. The quantitative estimate of drug-likeness (QED) is 0.503. The summed E-state index contributed by atoms with van der Waals surface area (Å²) in [5, 5.41) is 3.52. The van der Waals surface area contributed by atoms with Crippen LogP contribution < -0.4 is 14.4 Å². The SMILES string of the molecule is CCOc1ccc(N([C@@H](C)C(=O)NCCSCc2cccc(Cl)c2)S(C)(=O)=O)cc1. The number of amides is 1. The standard InChI is InChI=1S/C21H27ClN2O4S2/c1-4-28-20-10-8-19(9-11-20)24(30(3,26)27)16(2)21(25)23-12-13-29-15-17-6-5-7-18(22)14-17/h5-11,14,16H,4,12-13,15H2,1-3H3,(H,23,25)/t16-/m0/s1. The molecular weight excluding hydrogens is 444 g/mol. The van der Waals surface area contributed by atoms with Gasteiger partial charge in [0, 0.05) is 23.1 Å². The maximum Gasteiger partial charge on any atom is 0.243 e. The molecule has 9 heteroatoms. The minimum Gasteiger partial charge on any atom is -0.494 e. The highest BCUT2D eigenvalue weighted by Crippen LogP contribution is 2.24. The van der Waals surface area contributed by atoms with Gasteiger partial charge in [-0.25, -0.2) is 8.42 Å². The number of thioether (sulfide) groups is 1. The normalized spacial score (nSPS) is 12.3. The topological polar surface area (TPSA) is 75.7 Å². The molecule has 0 aliphatic heterocycles. The van der Waals surface area contributed by atoms with E-state index in [0.717, 1.165) is 21.9 Å². The van der Waals surface area contributed by atoms with Gasteiger partial charge in [-0.2, -0.15) is 11.8 Å². The van der Waals surface area contributed by atoms with Crippen molar-refractivity contribution in [1.82, 2.24) is 5.32 Å². The zero-order valence-electron chi connectivity index (χ0n) is 17.3. The highest BCUT2D eigenvalue weighted by atomic mass is 35.5. The van der Waals surface area contributed by atoms with Crippen LogP contribution in [0.3, 0.4) is 0 Å². The van der Waals surface area contributed by atoms with E-state index in [-0.39, 0.29) is 5.91 Å². The summed E-state index contributed by atoms with van der Waals surface area (Å²) in [6, 6.07) is 13.4. The summed E-state index contributed by atoms with van der Waals surface area (Å²) in [6.45, 7) is 4.40. The van der Waals surface area contributed by atoms with Crippen molar-refractivity contribution in [2.24, 2.45) is 0 Å². The van der Waals surface area contributed by atoms with E-state index in [0.29, 0.717) is 35.4 Å². The number of hydrogen-bond donors (Lipinski definition) is 1. The Morgan fingerprint density at radius 2 is 1.93 bits per heavy atom. The van der Waals surface area contributed by atoms with Crippen LogP contribution in [0.5, 0.6) is 5.75 Å². The van der Waals surface area contributed by atoms with Crippen LogP contribution in [0, 0.1) is 0 Å². The van der Waals surface area contributed by atoms with Crippen LogP contribution in [0.2, 0.25) is 5.02 Å². The van der Waals surface area contributed by atoms with Crippen molar-refractivity contribution in [3.63, 3.8) is 0 Å². The molecule has 2 aromatic carbocycles. The molecule has 0 saturated heterocycles. The highest BCUT2D eigenvalue weighted by molar-refractivity contribution is 7.98. The zero-order valence-corrected chi connectivity index (χ0v) is 19.7. The number of sulfonamides is 1. The van der Waals surface area contributed by atoms with Crippen molar-refractivity contribution in [2.75, 3.05) is 29.5 Å². The average molecular weight is 471 g/mol. The average Bonchev–Trinajstić information content (AvgIpc) is 2.68. The number of benzene rings is 2.